The summed E-state index contributed by atoms with van der Waals surface area (Å²) in [5.74, 6) is -2.09. The van der Waals surface area contributed by atoms with Crippen LogP contribution in [0.4, 0.5) is 0 Å². The molecule has 0 radical (unpaired) electrons. The molecule has 10 heteroatoms. The van der Waals surface area contributed by atoms with Crippen LogP contribution in [0, 0.1) is 5.92 Å². The highest BCUT2D eigenvalue weighted by atomic mass is 16.6. The zero-order valence-corrected chi connectivity index (χ0v) is 15.3. The number of carbonyl (C=O) groups is 1. The van der Waals surface area contributed by atoms with Crippen LogP contribution in [0.5, 0.6) is 0 Å². The smallest absolute Gasteiger partial charge is 0.359 e. The molecule has 2 heterocycles. The van der Waals surface area contributed by atoms with Crippen molar-refractivity contribution in [2.24, 2.45) is 5.92 Å². The molecule has 0 aliphatic carbocycles. The first-order valence-electron chi connectivity index (χ1n) is 8.43. The Labute approximate surface area is 151 Å². The Balaban J connectivity index is 2.55. The van der Waals surface area contributed by atoms with Crippen LogP contribution in [0.1, 0.15) is 39.8 Å². The second-order valence-corrected chi connectivity index (χ2v) is 7.82. The van der Waals surface area contributed by atoms with Crippen LogP contribution < -0.4 is 0 Å². The number of hydrogen-bond acceptors (Lipinski definition) is 8. The maximum absolute atomic E-state index is 12.2. The van der Waals surface area contributed by atoms with E-state index in [9.17, 15) is 25.2 Å². The predicted molar refractivity (Wildman–Crippen MR) is 88.1 cm³/mol. The first-order valence-corrected chi connectivity index (χ1v) is 8.43. The molecule has 1 saturated heterocycles. The summed E-state index contributed by atoms with van der Waals surface area (Å²) in [6.07, 6.45) is -4.42. The predicted octanol–water partition coefficient (Wildman–Crippen LogP) is -1.19. The number of aliphatic carboxylic acids is 1. The number of aliphatic hydroxyl groups excluding tert-OH is 4. The van der Waals surface area contributed by atoms with Crippen LogP contribution in [-0.4, -0.2) is 77.5 Å². The van der Waals surface area contributed by atoms with Gasteiger partial charge in [-0.25, -0.2) is 9.48 Å². The maximum atomic E-state index is 12.2. The minimum absolute atomic E-state index is 0.311. The Kier molecular flexibility index (Phi) is 5.74. The van der Waals surface area contributed by atoms with E-state index in [0.717, 1.165) is 4.68 Å². The molecule has 0 aromatic carbocycles. The molecule has 26 heavy (non-hydrogen) atoms. The van der Waals surface area contributed by atoms with Crippen molar-refractivity contribution in [1.29, 1.82) is 0 Å². The lowest BCUT2D eigenvalue weighted by Crippen LogP contribution is -2.61. The highest BCUT2D eigenvalue weighted by molar-refractivity contribution is 5.75. The third-order valence-electron chi connectivity index (χ3n) is 4.85. The summed E-state index contributed by atoms with van der Waals surface area (Å²) >= 11 is 0. The SMILES string of the molecule is C[C@H]1C([C@H](O)[C@H](O)CO)O[C@](C(=O)O)(n2nncc2C(C)(C)C)C[C@H]1O. The van der Waals surface area contributed by atoms with Gasteiger partial charge in [0.15, 0.2) is 0 Å². The van der Waals surface area contributed by atoms with Gasteiger partial charge in [0.2, 0.25) is 0 Å². The molecule has 1 aliphatic rings. The molecule has 6 atom stereocenters. The molecule has 0 saturated carbocycles. The van der Waals surface area contributed by atoms with Crippen LogP contribution in [0.15, 0.2) is 6.20 Å². The maximum Gasteiger partial charge on any atom is 0.359 e. The highest BCUT2D eigenvalue weighted by Crippen LogP contribution is 2.40. The first-order chi connectivity index (χ1) is 12.0. The Morgan fingerprint density at radius 3 is 2.58 bits per heavy atom. The van der Waals surface area contributed by atoms with Crippen LogP contribution in [0.2, 0.25) is 0 Å². The largest absolute Gasteiger partial charge is 0.478 e. The van der Waals surface area contributed by atoms with Gasteiger partial charge in [0.1, 0.15) is 12.2 Å². The molecule has 2 rings (SSSR count). The van der Waals surface area contributed by atoms with Crippen LogP contribution >= 0.6 is 0 Å². The fourth-order valence-corrected chi connectivity index (χ4v) is 3.15. The molecule has 1 fully saturated rings. The van der Waals surface area contributed by atoms with E-state index in [2.05, 4.69) is 10.3 Å². The van der Waals surface area contributed by atoms with Gasteiger partial charge in [-0.1, -0.05) is 32.9 Å². The van der Waals surface area contributed by atoms with Gasteiger partial charge in [-0.3, -0.25) is 0 Å². The van der Waals surface area contributed by atoms with Gasteiger partial charge in [0.25, 0.3) is 5.72 Å². The van der Waals surface area contributed by atoms with E-state index in [-0.39, 0.29) is 6.42 Å². The lowest BCUT2D eigenvalue weighted by Gasteiger charge is -2.46. The summed E-state index contributed by atoms with van der Waals surface area (Å²) < 4.78 is 6.87. The standard InChI is InChI=1S/C16H27N3O7/c1-8-9(21)5-16(14(24)25,26-13(8)12(23)10(22)7-20)19-11(6-17-18-19)15(2,3)4/h6,8-10,12-13,20-23H,5,7H2,1-4H3,(H,24,25)/t8-,9-,10-,12-,13?,16-/m1/s1. The molecule has 0 spiro atoms. The average molecular weight is 373 g/mol. The summed E-state index contributed by atoms with van der Waals surface area (Å²) in [7, 11) is 0. The summed E-state index contributed by atoms with van der Waals surface area (Å²) in [4.78, 5) is 12.2. The summed E-state index contributed by atoms with van der Waals surface area (Å²) in [6.45, 7) is 6.38. The normalized spacial score (nSPS) is 32.2. The van der Waals surface area contributed by atoms with Crippen LogP contribution in [-0.2, 0) is 20.7 Å². The minimum Gasteiger partial charge on any atom is -0.478 e. The van der Waals surface area contributed by atoms with Crippen molar-refractivity contribution in [3.05, 3.63) is 11.9 Å². The number of ether oxygens (including phenoxy) is 1. The Hall–Kier alpha value is -1.59. The van der Waals surface area contributed by atoms with Crippen molar-refractivity contribution in [2.45, 2.75) is 69.7 Å². The second kappa shape index (κ2) is 7.20. The lowest BCUT2D eigenvalue weighted by atomic mass is 9.83. The number of hydrogen-bond donors (Lipinski definition) is 5. The Bertz CT molecular complexity index is 644. The lowest BCUT2D eigenvalue weighted by molar-refractivity contribution is -0.267. The van der Waals surface area contributed by atoms with Crippen LogP contribution in [0.25, 0.3) is 0 Å². The molecular formula is C16H27N3O7. The molecule has 5 N–H and O–H groups in total. The average Bonchev–Trinajstić information content (AvgIpc) is 3.06. The van der Waals surface area contributed by atoms with E-state index < -0.39 is 54.0 Å². The number of aliphatic hydroxyl groups is 4. The molecular weight excluding hydrogens is 346 g/mol. The summed E-state index contributed by atoms with van der Waals surface area (Å²) in [5, 5.41) is 57.2. The first kappa shape index (κ1) is 20.7. The summed E-state index contributed by atoms with van der Waals surface area (Å²) in [6, 6.07) is 0. The van der Waals surface area contributed by atoms with E-state index in [4.69, 9.17) is 9.84 Å². The monoisotopic (exact) mass is 373 g/mol. The van der Waals surface area contributed by atoms with E-state index in [1.807, 2.05) is 20.8 Å². The van der Waals surface area contributed by atoms with Crippen molar-refractivity contribution < 1.29 is 35.1 Å². The van der Waals surface area contributed by atoms with Crippen molar-refractivity contribution in [3.63, 3.8) is 0 Å². The number of carboxylic acids is 1. The van der Waals surface area contributed by atoms with Gasteiger partial charge in [-0.05, 0) is 0 Å². The molecule has 0 bridgehead atoms. The van der Waals surface area contributed by atoms with E-state index in [0.29, 0.717) is 5.69 Å². The third-order valence-corrected chi connectivity index (χ3v) is 4.85. The quantitative estimate of drug-likeness (QED) is 0.428. The number of carboxylic acid groups (broad SMARTS) is 1. The Morgan fingerprint density at radius 1 is 1.46 bits per heavy atom. The second-order valence-electron chi connectivity index (χ2n) is 7.82. The van der Waals surface area contributed by atoms with E-state index in [1.54, 1.807) is 6.92 Å². The Morgan fingerprint density at radius 2 is 2.08 bits per heavy atom. The van der Waals surface area contributed by atoms with Gasteiger partial charge in [-0.2, -0.15) is 0 Å². The molecule has 0 amide bonds. The van der Waals surface area contributed by atoms with E-state index in [1.165, 1.54) is 6.20 Å². The van der Waals surface area contributed by atoms with Crippen molar-refractivity contribution in [3.8, 4) is 0 Å². The topological polar surface area (TPSA) is 158 Å². The molecule has 1 unspecified atom stereocenters. The van der Waals surface area contributed by atoms with Crippen LogP contribution in [0.3, 0.4) is 0 Å². The zero-order valence-electron chi connectivity index (χ0n) is 15.3. The summed E-state index contributed by atoms with van der Waals surface area (Å²) in [5.41, 5.74) is -2.15. The van der Waals surface area contributed by atoms with Crippen molar-refractivity contribution >= 4 is 5.97 Å². The molecule has 1 aliphatic heterocycles. The molecule has 1 aromatic rings. The fraction of sp³-hybridized carbons (Fsp3) is 0.812. The van der Waals surface area contributed by atoms with Crippen molar-refractivity contribution in [2.75, 3.05) is 6.61 Å². The van der Waals surface area contributed by atoms with Gasteiger partial charge < -0.3 is 30.3 Å². The highest BCUT2D eigenvalue weighted by Gasteiger charge is 2.56. The number of rotatable bonds is 5. The number of aromatic nitrogens is 3. The molecule has 1 aromatic heterocycles. The van der Waals surface area contributed by atoms with Crippen molar-refractivity contribution in [1.82, 2.24) is 15.0 Å². The van der Waals surface area contributed by atoms with E-state index >= 15 is 0 Å². The fourth-order valence-electron chi connectivity index (χ4n) is 3.15. The zero-order chi connectivity index (χ0) is 19.9. The molecule has 148 valence electrons. The minimum atomic E-state index is -2.11. The van der Waals surface area contributed by atoms with Gasteiger partial charge >= 0.3 is 5.97 Å². The third kappa shape index (κ3) is 3.47. The number of nitrogens with zero attached hydrogens (tertiary/aromatic N) is 3. The van der Waals surface area contributed by atoms with Gasteiger partial charge in [0.05, 0.1) is 30.7 Å². The van der Waals surface area contributed by atoms with Gasteiger partial charge in [0, 0.05) is 17.8 Å². The molecule has 10 nitrogen and oxygen atoms in total. The van der Waals surface area contributed by atoms with Gasteiger partial charge in [-0.15, -0.1) is 5.10 Å².